The standard InChI is InChI=1S/C23H26BrN3O2/c1-15-10-21-20(16(2)12-23(3,4)27(21)5)11-17(15)13-25-26-22(28)14-29-19-8-6-18(24)7-9-19/h6-13H,14H2,1-5H3,(H,26,28)/b25-13+. The molecule has 0 saturated carbocycles. The van der Waals surface area contributed by atoms with E-state index < -0.39 is 0 Å². The Labute approximate surface area is 180 Å². The Bertz CT molecular complexity index is 978. The van der Waals surface area contributed by atoms with E-state index in [1.54, 1.807) is 18.3 Å². The number of halogens is 1. The van der Waals surface area contributed by atoms with Crippen molar-refractivity contribution < 1.29 is 9.53 Å². The Morgan fingerprint density at radius 3 is 2.62 bits per heavy atom. The predicted octanol–water partition coefficient (Wildman–Crippen LogP) is 4.92. The molecule has 0 aliphatic carbocycles. The van der Waals surface area contributed by atoms with Gasteiger partial charge < -0.3 is 9.64 Å². The quantitative estimate of drug-likeness (QED) is 0.514. The first kappa shape index (κ1) is 21.1. The van der Waals surface area contributed by atoms with Crippen molar-refractivity contribution in [1.82, 2.24) is 5.43 Å². The summed E-state index contributed by atoms with van der Waals surface area (Å²) in [5.74, 6) is 0.324. The predicted molar refractivity (Wildman–Crippen MR) is 123 cm³/mol. The van der Waals surface area contributed by atoms with E-state index in [4.69, 9.17) is 4.74 Å². The lowest BCUT2D eigenvalue weighted by atomic mass is 9.87. The summed E-state index contributed by atoms with van der Waals surface area (Å²) < 4.78 is 6.41. The van der Waals surface area contributed by atoms with Gasteiger partial charge in [-0.15, -0.1) is 0 Å². The molecule has 0 spiro atoms. The normalized spacial score (nSPS) is 15.1. The fraction of sp³-hybridized carbons (Fsp3) is 0.304. The molecule has 1 N–H and O–H groups in total. The summed E-state index contributed by atoms with van der Waals surface area (Å²) in [4.78, 5) is 14.3. The van der Waals surface area contributed by atoms with Gasteiger partial charge in [-0.05, 0) is 80.8 Å². The second kappa shape index (κ2) is 8.41. The van der Waals surface area contributed by atoms with E-state index in [1.807, 2.05) is 12.1 Å². The number of nitrogens with zero attached hydrogens (tertiary/aromatic N) is 2. The number of hydrogen-bond acceptors (Lipinski definition) is 4. The number of carbonyl (C=O) groups is 1. The van der Waals surface area contributed by atoms with Gasteiger partial charge in [-0.2, -0.15) is 5.10 Å². The largest absolute Gasteiger partial charge is 0.484 e. The molecular weight excluding hydrogens is 430 g/mol. The Kier molecular flexibility index (Phi) is 6.13. The van der Waals surface area contributed by atoms with Crippen molar-refractivity contribution >= 4 is 39.3 Å². The third kappa shape index (κ3) is 4.88. The van der Waals surface area contributed by atoms with Crippen LogP contribution in [0.3, 0.4) is 0 Å². The SMILES string of the molecule is CC1=CC(C)(C)N(C)c2cc(C)c(/C=N/NC(=O)COc3ccc(Br)cc3)cc21. The van der Waals surface area contributed by atoms with Crippen molar-refractivity contribution in [3.8, 4) is 5.75 Å². The van der Waals surface area contributed by atoms with Crippen LogP contribution >= 0.6 is 15.9 Å². The van der Waals surface area contributed by atoms with Gasteiger partial charge in [0.1, 0.15) is 5.75 Å². The minimum absolute atomic E-state index is 0.0259. The van der Waals surface area contributed by atoms with Crippen molar-refractivity contribution in [3.05, 3.63) is 63.6 Å². The maximum absolute atomic E-state index is 12.0. The van der Waals surface area contributed by atoms with Gasteiger partial charge in [-0.25, -0.2) is 5.43 Å². The van der Waals surface area contributed by atoms with Gasteiger partial charge in [0.05, 0.1) is 11.8 Å². The summed E-state index contributed by atoms with van der Waals surface area (Å²) in [5.41, 5.74) is 8.20. The number of carbonyl (C=O) groups excluding carboxylic acids is 1. The minimum atomic E-state index is -0.308. The molecule has 0 saturated heterocycles. The number of amides is 1. The van der Waals surface area contributed by atoms with Crippen molar-refractivity contribution in [2.45, 2.75) is 33.2 Å². The highest BCUT2D eigenvalue weighted by atomic mass is 79.9. The van der Waals surface area contributed by atoms with Gasteiger partial charge in [0.2, 0.25) is 0 Å². The van der Waals surface area contributed by atoms with Gasteiger partial charge in [0.25, 0.3) is 5.91 Å². The van der Waals surface area contributed by atoms with Crippen molar-refractivity contribution in [2.24, 2.45) is 5.10 Å². The summed E-state index contributed by atoms with van der Waals surface area (Å²) in [6.07, 6.45) is 3.95. The molecule has 1 amide bonds. The van der Waals surface area contributed by atoms with Gasteiger partial charge in [-0.3, -0.25) is 4.79 Å². The van der Waals surface area contributed by atoms with E-state index in [0.717, 1.165) is 15.6 Å². The Hall–Kier alpha value is -2.60. The third-order valence-electron chi connectivity index (χ3n) is 5.18. The lowest BCUT2D eigenvalue weighted by Crippen LogP contribution is -2.42. The summed E-state index contributed by atoms with van der Waals surface area (Å²) in [7, 11) is 2.11. The second-order valence-corrected chi connectivity index (χ2v) is 8.72. The molecule has 1 heterocycles. The van der Waals surface area contributed by atoms with E-state index in [1.165, 1.54) is 16.8 Å². The van der Waals surface area contributed by atoms with Crippen LogP contribution in [0.5, 0.6) is 5.75 Å². The first-order valence-electron chi connectivity index (χ1n) is 9.46. The van der Waals surface area contributed by atoms with E-state index in [9.17, 15) is 4.79 Å². The number of allylic oxidation sites excluding steroid dienone is 1. The highest BCUT2D eigenvalue weighted by Crippen LogP contribution is 2.38. The number of likely N-dealkylation sites (N-methyl/N-ethyl adjacent to an activating group) is 1. The number of nitrogens with one attached hydrogen (secondary N) is 1. The monoisotopic (exact) mass is 455 g/mol. The van der Waals surface area contributed by atoms with Crippen LogP contribution in [0, 0.1) is 6.92 Å². The minimum Gasteiger partial charge on any atom is -0.484 e. The lowest BCUT2D eigenvalue weighted by Gasteiger charge is -2.41. The summed E-state index contributed by atoms with van der Waals surface area (Å²) in [6.45, 7) is 8.50. The van der Waals surface area contributed by atoms with Gasteiger partial charge in [0, 0.05) is 22.8 Å². The number of aryl methyl sites for hydroxylation is 1. The molecular formula is C23H26BrN3O2. The molecule has 2 aromatic carbocycles. The van der Waals surface area contributed by atoms with Crippen LogP contribution in [0.1, 0.15) is 37.5 Å². The molecule has 0 atom stereocenters. The topological polar surface area (TPSA) is 53.9 Å². The molecule has 29 heavy (non-hydrogen) atoms. The molecule has 3 rings (SSSR count). The molecule has 1 aliphatic rings. The number of anilines is 1. The maximum Gasteiger partial charge on any atom is 0.277 e. The molecule has 2 aromatic rings. The summed E-state index contributed by atoms with van der Waals surface area (Å²) in [5, 5.41) is 4.11. The Morgan fingerprint density at radius 1 is 1.24 bits per heavy atom. The molecule has 0 aromatic heterocycles. The zero-order valence-electron chi connectivity index (χ0n) is 17.4. The number of hydrogen-bond donors (Lipinski definition) is 1. The second-order valence-electron chi connectivity index (χ2n) is 7.80. The number of rotatable bonds is 5. The summed E-state index contributed by atoms with van der Waals surface area (Å²) >= 11 is 3.36. The van der Waals surface area contributed by atoms with E-state index in [2.05, 4.69) is 84.3 Å². The van der Waals surface area contributed by atoms with Crippen LogP contribution in [0.2, 0.25) is 0 Å². The zero-order chi connectivity index (χ0) is 21.2. The Morgan fingerprint density at radius 2 is 1.93 bits per heavy atom. The number of benzene rings is 2. The van der Waals surface area contributed by atoms with Crippen LogP contribution in [0.4, 0.5) is 5.69 Å². The first-order valence-corrected chi connectivity index (χ1v) is 10.3. The van der Waals surface area contributed by atoms with Crippen LogP contribution in [0.25, 0.3) is 5.57 Å². The van der Waals surface area contributed by atoms with Crippen molar-refractivity contribution in [1.29, 1.82) is 0 Å². The van der Waals surface area contributed by atoms with E-state index in [-0.39, 0.29) is 18.1 Å². The molecule has 5 nitrogen and oxygen atoms in total. The van der Waals surface area contributed by atoms with Crippen molar-refractivity contribution in [2.75, 3.05) is 18.6 Å². The number of hydrazone groups is 1. The number of fused-ring (bicyclic) bond motifs is 1. The van der Waals surface area contributed by atoms with Crippen LogP contribution in [0.15, 0.2) is 52.0 Å². The molecule has 0 radical (unpaired) electrons. The van der Waals surface area contributed by atoms with E-state index >= 15 is 0 Å². The Balaban J connectivity index is 1.66. The third-order valence-corrected chi connectivity index (χ3v) is 5.71. The molecule has 6 heteroatoms. The van der Waals surface area contributed by atoms with Gasteiger partial charge in [0.15, 0.2) is 6.61 Å². The van der Waals surface area contributed by atoms with Gasteiger partial charge in [-0.1, -0.05) is 22.0 Å². The van der Waals surface area contributed by atoms with Crippen LogP contribution in [-0.4, -0.2) is 31.3 Å². The maximum atomic E-state index is 12.0. The fourth-order valence-electron chi connectivity index (χ4n) is 3.34. The highest BCUT2D eigenvalue weighted by molar-refractivity contribution is 9.10. The number of ether oxygens (including phenoxy) is 1. The van der Waals surface area contributed by atoms with Crippen LogP contribution < -0.4 is 15.1 Å². The smallest absolute Gasteiger partial charge is 0.277 e. The average molecular weight is 456 g/mol. The first-order chi connectivity index (χ1) is 13.7. The molecule has 0 fully saturated rings. The van der Waals surface area contributed by atoms with Gasteiger partial charge >= 0.3 is 0 Å². The average Bonchev–Trinajstić information content (AvgIpc) is 2.66. The molecule has 0 bridgehead atoms. The molecule has 1 aliphatic heterocycles. The molecule has 152 valence electrons. The zero-order valence-corrected chi connectivity index (χ0v) is 19.0. The summed E-state index contributed by atoms with van der Waals surface area (Å²) in [6, 6.07) is 11.6. The van der Waals surface area contributed by atoms with Crippen LogP contribution in [-0.2, 0) is 4.79 Å². The lowest BCUT2D eigenvalue weighted by molar-refractivity contribution is -0.123. The van der Waals surface area contributed by atoms with Crippen molar-refractivity contribution in [3.63, 3.8) is 0 Å². The van der Waals surface area contributed by atoms with E-state index in [0.29, 0.717) is 5.75 Å². The fourth-order valence-corrected chi connectivity index (χ4v) is 3.61. The highest BCUT2D eigenvalue weighted by Gasteiger charge is 2.28. The molecule has 0 unspecified atom stereocenters.